The van der Waals surface area contributed by atoms with Crippen LogP contribution >= 0.6 is 0 Å². The van der Waals surface area contributed by atoms with E-state index in [2.05, 4.69) is 74.5 Å². The fraction of sp³-hybridized carbons (Fsp3) is 0.0909. The first-order valence-corrected chi connectivity index (χ1v) is 8.61. The zero-order valence-corrected chi connectivity index (χ0v) is 14.6. The molecule has 128 valence electrons. The predicted octanol–water partition coefficient (Wildman–Crippen LogP) is 4.69. The van der Waals surface area contributed by atoms with E-state index in [9.17, 15) is 0 Å². The average molecular weight is 340 g/mol. The van der Waals surface area contributed by atoms with Crippen LogP contribution in [-0.2, 0) is 6.54 Å². The molecule has 3 aromatic carbocycles. The van der Waals surface area contributed by atoms with Gasteiger partial charge in [0.15, 0.2) is 0 Å². The first-order chi connectivity index (χ1) is 12.8. The number of hydrogen-bond acceptors (Lipinski definition) is 3. The molecule has 0 spiro atoms. The molecule has 26 heavy (non-hydrogen) atoms. The number of benzene rings is 3. The minimum atomic E-state index is 0.775. The van der Waals surface area contributed by atoms with Gasteiger partial charge in [0.2, 0.25) is 0 Å². The van der Waals surface area contributed by atoms with Crippen LogP contribution in [0.15, 0.2) is 84.1 Å². The Kier molecular flexibility index (Phi) is 4.48. The first-order valence-electron chi connectivity index (χ1n) is 8.61. The van der Waals surface area contributed by atoms with E-state index in [0.717, 1.165) is 34.5 Å². The summed E-state index contributed by atoms with van der Waals surface area (Å²) in [6, 6.07) is 25.0. The summed E-state index contributed by atoms with van der Waals surface area (Å²) in [5.74, 6) is 0. The summed E-state index contributed by atoms with van der Waals surface area (Å²) in [5.41, 5.74) is 6.64. The highest BCUT2D eigenvalue weighted by Crippen LogP contribution is 2.21. The molecule has 4 rings (SSSR count). The van der Waals surface area contributed by atoms with Gasteiger partial charge >= 0.3 is 0 Å². The number of aliphatic imine (C=N–C) groups is 1. The lowest BCUT2D eigenvalue weighted by molar-refractivity contribution is 1.08. The smallest absolute Gasteiger partial charge is 0.100 e. The van der Waals surface area contributed by atoms with Gasteiger partial charge in [0.25, 0.3) is 0 Å². The Morgan fingerprint density at radius 3 is 2.69 bits per heavy atom. The van der Waals surface area contributed by atoms with Crippen molar-refractivity contribution in [3.8, 4) is 5.69 Å². The number of nitrogens with zero attached hydrogens (tertiary/aromatic N) is 3. The maximum Gasteiger partial charge on any atom is 0.100 e. The van der Waals surface area contributed by atoms with Crippen molar-refractivity contribution in [3.05, 3.63) is 90.3 Å². The van der Waals surface area contributed by atoms with Crippen LogP contribution < -0.4 is 5.32 Å². The van der Waals surface area contributed by atoms with Crippen LogP contribution in [0, 0.1) is 0 Å². The third-order valence-corrected chi connectivity index (χ3v) is 4.33. The second kappa shape index (κ2) is 7.23. The fourth-order valence-electron chi connectivity index (χ4n) is 3.01. The van der Waals surface area contributed by atoms with E-state index < -0.39 is 0 Å². The van der Waals surface area contributed by atoms with E-state index in [0.29, 0.717) is 0 Å². The largest absolute Gasteiger partial charge is 0.381 e. The Hall–Kier alpha value is -3.40. The Labute approximate surface area is 152 Å². The highest BCUT2D eigenvalue weighted by atomic mass is 15.0. The second-order valence-electron chi connectivity index (χ2n) is 6.14. The molecular formula is C22H20N4. The summed E-state index contributed by atoms with van der Waals surface area (Å²) in [6.07, 6.45) is 3.73. The van der Waals surface area contributed by atoms with Crippen LogP contribution in [0.5, 0.6) is 0 Å². The van der Waals surface area contributed by atoms with E-state index in [4.69, 9.17) is 0 Å². The van der Waals surface area contributed by atoms with E-state index in [1.807, 2.05) is 30.7 Å². The number of para-hydroxylation sites is 2. The van der Waals surface area contributed by atoms with Crippen LogP contribution in [0.4, 0.5) is 5.69 Å². The fourth-order valence-corrected chi connectivity index (χ4v) is 3.01. The second-order valence-corrected chi connectivity index (χ2v) is 6.14. The van der Waals surface area contributed by atoms with E-state index in [-0.39, 0.29) is 0 Å². The average Bonchev–Trinajstić information content (AvgIpc) is 3.12. The summed E-state index contributed by atoms with van der Waals surface area (Å²) < 4.78 is 2.11. The zero-order chi connectivity index (χ0) is 17.8. The van der Waals surface area contributed by atoms with E-state index >= 15 is 0 Å². The molecule has 1 heterocycles. The van der Waals surface area contributed by atoms with Gasteiger partial charge in [0.05, 0.1) is 11.0 Å². The first kappa shape index (κ1) is 16.1. The summed E-state index contributed by atoms with van der Waals surface area (Å²) in [4.78, 5) is 8.51. The Morgan fingerprint density at radius 1 is 1.00 bits per heavy atom. The maximum absolute atomic E-state index is 4.47. The molecule has 4 aromatic rings. The third-order valence-electron chi connectivity index (χ3n) is 4.33. The molecule has 0 fully saturated rings. The molecule has 0 aliphatic rings. The molecule has 0 saturated carbocycles. The topological polar surface area (TPSA) is 42.2 Å². The Balaban J connectivity index is 1.52. The molecule has 1 aromatic heterocycles. The van der Waals surface area contributed by atoms with Crippen molar-refractivity contribution in [2.75, 3.05) is 12.4 Å². The molecule has 4 nitrogen and oxygen atoms in total. The number of hydrogen-bond donors (Lipinski definition) is 1. The maximum atomic E-state index is 4.47. The molecule has 0 saturated heterocycles. The number of imidazole rings is 1. The van der Waals surface area contributed by atoms with Gasteiger partial charge in [-0.1, -0.05) is 42.5 Å². The van der Waals surface area contributed by atoms with Gasteiger partial charge in [0.1, 0.15) is 6.33 Å². The standard InChI is InChI=1S/C22H20N4/c1-23-14-17-9-11-18(12-10-17)15-24-19-5-4-6-20(13-19)26-16-25-21-7-2-3-8-22(21)26/h2-14,16,24H,15H2,1H3. The lowest BCUT2D eigenvalue weighted by atomic mass is 10.1. The molecule has 0 aliphatic carbocycles. The third kappa shape index (κ3) is 3.35. The highest BCUT2D eigenvalue weighted by molar-refractivity contribution is 5.79. The summed E-state index contributed by atoms with van der Waals surface area (Å²) in [5, 5.41) is 3.50. The number of fused-ring (bicyclic) bond motifs is 1. The van der Waals surface area contributed by atoms with Crippen molar-refractivity contribution in [2.24, 2.45) is 4.99 Å². The van der Waals surface area contributed by atoms with Crippen molar-refractivity contribution in [3.63, 3.8) is 0 Å². The van der Waals surface area contributed by atoms with Crippen molar-refractivity contribution in [1.29, 1.82) is 0 Å². The highest BCUT2D eigenvalue weighted by Gasteiger charge is 2.04. The molecule has 0 bridgehead atoms. The SMILES string of the molecule is CN=Cc1ccc(CNc2cccc(-n3cnc4ccccc43)c2)cc1. The van der Waals surface area contributed by atoms with Gasteiger partial charge in [-0.05, 0) is 41.5 Å². The van der Waals surface area contributed by atoms with Crippen LogP contribution in [0.1, 0.15) is 11.1 Å². The predicted molar refractivity (Wildman–Crippen MR) is 108 cm³/mol. The lowest BCUT2D eigenvalue weighted by Gasteiger charge is -2.10. The molecule has 0 radical (unpaired) electrons. The lowest BCUT2D eigenvalue weighted by Crippen LogP contribution is -2.01. The number of nitrogens with one attached hydrogen (secondary N) is 1. The normalized spacial score (nSPS) is 11.3. The molecule has 0 aliphatic heterocycles. The van der Waals surface area contributed by atoms with Crippen LogP contribution in [-0.4, -0.2) is 22.8 Å². The van der Waals surface area contributed by atoms with Gasteiger partial charge in [-0.25, -0.2) is 4.98 Å². The number of anilines is 1. The molecular weight excluding hydrogens is 320 g/mol. The van der Waals surface area contributed by atoms with Crippen molar-refractivity contribution in [2.45, 2.75) is 6.54 Å². The van der Waals surface area contributed by atoms with E-state index in [1.165, 1.54) is 5.56 Å². The van der Waals surface area contributed by atoms with Crippen LogP contribution in [0.3, 0.4) is 0 Å². The summed E-state index contributed by atoms with van der Waals surface area (Å²) in [7, 11) is 1.78. The van der Waals surface area contributed by atoms with Gasteiger partial charge in [-0.2, -0.15) is 0 Å². The summed E-state index contributed by atoms with van der Waals surface area (Å²) in [6.45, 7) is 0.775. The molecule has 4 heteroatoms. The molecule has 0 amide bonds. The minimum Gasteiger partial charge on any atom is -0.381 e. The van der Waals surface area contributed by atoms with Gasteiger partial charge in [-0.3, -0.25) is 9.56 Å². The number of aromatic nitrogens is 2. The van der Waals surface area contributed by atoms with Gasteiger partial charge in [0, 0.05) is 31.2 Å². The molecule has 1 N–H and O–H groups in total. The zero-order valence-electron chi connectivity index (χ0n) is 14.6. The monoisotopic (exact) mass is 340 g/mol. The van der Waals surface area contributed by atoms with Gasteiger partial charge in [-0.15, -0.1) is 0 Å². The van der Waals surface area contributed by atoms with Crippen molar-refractivity contribution < 1.29 is 0 Å². The van der Waals surface area contributed by atoms with Crippen LogP contribution in [0.2, 0.25) is 0 Å². The number of rotatable bonds is 5. The Bertz CT molecular complexity index is 1050. The van der Waals surface area contributed by atoms with Crippen molar-refractivity contribution >= 4 is 22.9 Å². The molecule has 0 unspecified atom stereocenters. The summed E-state index contributed by atoms with van der Waals surface area (Å²) >= 11 is 0. The molecule has 0 atom stereocenters. The van der Waals surface area contributed by atoms with Crippen LogP contribution in [0.25, 0.3) is 16.7 Å². The van der Waals surface area contributed by atoms with Gasteiger partial charge < -0.3 is 5.32 Å². The minimum absolute atomic E-state index is 0.775. The Morgan fingerprint density at radius 2 is 1.85 bits per heavy atom. The quantitative estimate of drug-likeness (QED) is 0.536. The van der Waals surface area contributed by atoms with Crippen molar-refractivity contribution in [1.82, 2.24) is 9.55 Å². The van der Waals surface area contributed by atoms with E-state index in [1.54, 1.807) is 7.05 Å².